The molecule has 0 unspecified atom stereocenters. The van der Waals surface area contributed by atoms with Crippen molar-refractivity contribution in [2.24, 2.45) is 0 Å². The second-order valence-electron chi connectivity index (χ2n) is 5.66. The van der Waals surface area contributed by atoms with Crippen molar-refractivity contribution in [3.8, 4) is 0 Å². The lowest BCUT2D eigenvalue weighted by molar-refractivity contribution is 0.231. The molecular formula is C16H22FN. The van der Waals surface area contributed by atoms with Crippen LogP contribution in [0.2, 0.25) is 0 Å². The summed E-state index contributed by atoms with van der Waals surface area (Å²) in [7, 11) is 0. The highest BCUT2D eigenvalue weighted by Gasteiger charge is 2.27. The van der Waals surface area contributed by atoms with Gasteiger partial charge in [-0.25, -0.2) is 4.39 Å². The molecule has 1 nitrogen and oxygen atoms in total. The summed E-state index contributed by atoms with van der Waals surface area (Å²) in [5.41, 5.74) is 6.09. The number of nitrogens with zero attached hydrogens (tertiary/aromatic N) is 1. The van der Waals surface area contributed by atoms with Gasteiger partial charge in [0.25, 0.3) is 0 Å². The normalized spacial score (nSPS) is 19.9. The van der Waals surface area contributed by atoms with E-state index < -0.39 is 0 Å². The third-order valence-corrected chi connectivity index (χ3v) is 4.35. The molecule has 0 radical (unpaired) electrons. The van der Waals surface area contributed by atoms with Crippen molar-refractivity contribution in [3.63, 3.8) is 0 Å². The van der Waals surface area contributed by atoms with Crippen LogP contribution in [-0.4, -0.2) is 24.7 Å². The first-order valence-corrected chi connectivity index (χ1v) is 7.24. The van der Waals surface area contributed by atoms with Crippen molar-refractivity contribution in [1.29, 1.82) is 0 Å². The lowest BCUT2D eigenvalue weighted by Crippen LogP contribution is -2.32. The van der Waals surface area contributed by atoms with Crippen LogP contribution >= 0.6 is 0 Å². The summed E-state index contributed by atoms with van der Waals surface area (Å²) in [6.07, 6.45) is 4.96. The standard InChI is InChI=1S/C16H22FN/c1-2-12-9-14-5-7-18(8-6-17)11-15(14)10-16(12)13-3-4-13/h9-10,13H,2-8,11H2,1H3. The summed E-state index contributed by atoms with van der Waals surface area (Å²) >= 11 is 0. The highest BCUT2D eigenvalue weighted by molar-refractivity contribution is 5.43. The highest BCUT2D eigenvalue weighted by Crippen LogP contribution is 2.43. The van der Waals surface area contributed by atoms with Gasteiger partial charge in [0, 0.05) is 19.6 Å². The van der Waals surface area contributed by atoms with Gasteiger partial charge >= 0.3 is 0 Å². The minimum atomic E-state index is -0.224. The first-order chi connectivity index (χ1) is 8.81. The van der Waals surface area contributed by atoms with Crippen LogP contribution in [0.3, 0.4) is 0 Å². The van der Waals surface area contributed by atoms with Crippen LogP contribution in [0.5, 0.6) is 0 Å². The number of alkyl halides is 1. The minimum Gasteiger partial charge on any atom is -0.296 e. The molecule has 1 aliphatic carbocycles. The Labute approximate surface area is 109 Å². The molecule has 18 heavy (non-hydrogen) atoms. The summed E-state index contributed by atoms with van der Waals surface area (Å²) < 4.78 is 12.4. The molecule has 1 aromatic carbocycles. The second kappa shape index (κ2) is 5.00. The van der Waals surface area contributed by atoms with E-state index in [2.05, 4.69) is 24.0 Å². The highest BCUT2D eigenvalue weighted by atomic mass is 19.1. The molecule has 1 saturated carbocycles. The number of hydrogen-bond donors (Lipinski definition) is 0. The molecular weight excluding hydrogens is 225 g/mol. The van der Waals surface area contributed by atoms with Gasteiger partial charge in [0.05, 0.1) is 0 Å². The molecule has 0 aromatic heterocycles. The van der Waals surface area contributed by atoms with Gasteiger partial charge < -0.3 is 0 Å². The summed E-state index contributed by atoms with van der Waals surface area (Å²) in [5.74, 6) is 0.821. The van der Waals surface area contributed by atoms with Gasteiger partial charge in [0.15, 0.2) is 0 Å². The van der Waals surface area contributed by atoms with Gasteiger partial charge in [0.1, 0.15) is 6.67 Å². The van der Waals surface area contributed by atoms with Crippen molar-refractivity contribution in [2.45, 2.75) is 45.1 Å². The molecule has 0 atom stereocenters. The van der Waals surface area contributed by atoms with E-state index in [1.165, 1.54) is 24.0 Å². The lowest BCUT2D eigenvalue weighted by atomic mass is 9.91. The number of hydrogen-bond acceptors (Lipinski definition) is 1. The van der Waals surface area contributed by atoms with Gasteiger partial charge in [-0.05, 0) is 53.9 Å². The number of rotatable bonds is 4. The molecule has 1 aliphatic heterocycles. The SMILES string of the molecule is CCc1cc2c(cc1C1CC1)CN(CCF)CC2. The van der Waals surface area contributed by atoms with Gasteiger partial charge in [-0.2, -0.15) is 0 Å². The largest absolute Gasteiger partial charge is 0.296 e. The molecule has 2 heteroatoms. The molecule has 0 saturated heterocycles. The predicted octanol–water partition coefficient (Wildman–Crippen LogP) is 3.45. The molecule has 1 aromatic rings. The maximum atomic E-state index is 12.4. The third kappa shape index (κ3) is 2.31. The Balaban J connectivity index is 1.89. The first kappa shape index (κ1) is 12.2. The number of fused-ring (bicyclic) bond motifs is 1. The zero-order valence-corrected chi connectivity index (χ0v) is 11.2. The molecule has 0 spiro atoms. The average molecular weight is 247 g/mol. The van der Waals surface area contributed by atoms with Crippen molar-refractivity contribution >= 4 is 0 Å². The zero-order chi connectivity index (χ0) is 12.5. The van der Waals surface area contributed by atoms with E-state index in [4.69, 9.17) is 0 Å². The smallest absolute Gasteiger partial charge is 0.102 e. The van der Waals surface area contributed by atoms with Crippen LogP contribution in [0.4, 0.5) is 4.39 Å². The van der Waals surface area contributed by atoms with Crippen LogP contribution in [-0.2, 0) is 19.4 Å². The Morgan fingerprint density at radius 3 is 2.78 bits per heavy atom. The van der Waals surface area contributed by atoms with E-state index in [1.54, 1.807) is 11.1 Å². The third-order valence-electron chi connectivity index (χ3n) is 4.35. The van der Waals surface area contributed by atoms with Crippen molar-refractivity contribution in [1.82, 2.24) is 4.90 Å². The van der Waals surface area contributed by atoms with E-state index in [1.807, 2.05) is 0 Å². The predicted molar refractivity (Wildman–Crippen MR) is 72.8 cm³/mol. The summed E-state index contributed by atoms with van der Waals surface area (Å²) in [5, 5.41) is 0. The van der Waals surface area contributed by atoms with Crippen molar-refractivity contribution in [3.05, 3.63) is 34.4 Å². The zero-order valence-electron chi connectivity index (χ0n) is 11.2. The molecule has 0 amide bonds. The maximum Gasteiger partial charge on any atom is 0.102 e. The van der Waals surface area contributed by atoms with Gasteiger partial charge in [0.2, 0.25) is 0 Å². The van der Waals surface area contributed by atoms with E-state index in [0.717, 1.165) is 31.8 Å². The monoisotopic (exact) mass is 247 g/mol. The van der Waals surface area contributed by atoms with Gasteiger partial charge in [-0.3, -0.25) is 4.90 Å². The molecule has 1 heterocycles. The van der Waals surface area contributed by atoms with E-state index in [9.17, 15) is 4.39 Å². The van der Waals surface area contributed by atoms with E-state index in [-0.39, 0.29) is 6.67 Å². The lowest BCUT2D eigenvalue weighted by Gasteiger charge is -2.29. The van der Waals surface area contributed by atoms with Gasteiger partial charge in [-0.15, -0.1) is 0 Å². The second-order valence-corrected chi connectivity index (χ2v) is 5.66. The molecule has 2 aliphatic rings. The molecule has 3 rings (SSSR count). The topological polar surface area (TPSA) is 3.24 Å². The quantitative estimate of drug-likeness (QED) is 0.787. The number of aryl methyl sites for hydroxylation is 1. The molecule has 0 N–H and O–H groups in total. The minimum absolute atomic E-state index is 0.224. The Hall–Kier alpha value is -0.890. The fourth-order valence-electron chi connectivity index (χ4n) is 3.13. The molecule has 1 fully saturated rings. The number of halogens is 1. The van der Waals surface area contributed by atoms with Crippen LogP contribution in [0, 0.1) is 0 Å². The average Bonchev–Trinajstić information content (AvgIpc) is 3.22. The van der Waals surface area contributed by atoms with Gasteiger partial charge in [-0.1, -0.05) is 19.1 Å². The van der Waals surface area contributed by atoms with E-state index in [0.29, 0.717) is 6.54 Å². The fourth-order valence-corrected chi connectivity index (χ4v) is 3.13. The summed E-state index contributed by atoms with van der Waals surface area (Å²) in [6.45, 7) is 4.59. The van der Waals surface area contributed by atoms with E-state index >= 15 is 0 Å². The molecule has 98 valence electrons. The van der Waals surface area contributed by atoms with Crippen LogP contribution in [0.15, 0.2) is 12.1 Å². The Morgan fingerprint density at radius 2 is 2.11 bits per heavy atom. The summed E-state index contributed by atoms with van der Waals surface area (Å²) in [4.78, 5) is 2.24. The van der Waals surface area contributed by atoms with Crippen molar-refractivity contribution < 1.29 is 4.39 Å². The Kier molecular flexibility index (Phi) is 3.38. The van der Waals surface area contributed by atoms with Crippen molar-refractivity contribution in [2.75, 3.05) is 19.8 Å². The fraction of sp³-hybridized carbons (Fsp3) is 0.625. The van der Waals surface area contributed by atoms with Crippen LogP contribution in [0.1, 0.15) is 47.9 Å². The van der Waals surface area contributed by atoms with Crippen LogP contribution in [0.25, 0.3) is 0 Å². The Morgan fingerprint density at radius 1 is 1.28 bits per heavy atom. The molecule has 0 bridgehead atoms. The summed E-state index contributed by atoms with van der Waals surface area (Å²) in [6, 6.07) is 4.85. The Bertz CT molecular complexity index is 437. The van der Waals surface area contributed by atoms with Crippen LogP contribution < -0.4 is 0 Å². The first-order valence-electron chi connectivity index (χ1n) is 7.24. The number of benzene rings is 1. The maximum absolute atomic E-state index is 12.4.